The van der Waals surface area contributed by atoms with E-state index in [1.54, 1.807) is 7.11 Å². The lowest BCUT2D eigenvalue weighted by Gasteiger charge is -2.25. The molecule has 1 rings (SSSR count). The Hall–Kier alpha value is -1.55. The van der Waals surface area contributed by atoms with Crippen LogP contribution in [0.3, 0.4) is 0 Å². The van der Waals surface area contributed by atoms with Crippen LogP contribution >= 0.6 is 0 Å². The van der Waals surface area contributed by atoms with Crippen molar-refractivity contribution < 1.29 is 9.53 Å². The number of hydrogen-bond donors (Lipinski definition) is 2. The molecule has 0 bridgehead atoms. The predicted molar refractivity (Wildman–Crippen MR) is 82.0 cm³/mol. The van der Waals surface area contributed by atoms with Crippen LogP contribution in [0.25, 0.3) is 0 Å². The minimum Gasteiger partial charge on any atom is -0.496 e. The molecule has 1 amide bonds. The van der Waals surface area contributed by atoms with Crippen LogP contribution in [-0.4, -0.2) is 32.7 Å². The molecule has 1 unspecified atom stereocenters. The van der Waals surface area contributed by atoms with Crippen molar-refractivity contribution in [1.29, 1.82) is 0 Å². The summed E-state index contributed by atoms with van der Waals surface area (Å²) in [5.74, 6) is 0.891. The maximum atomic E-state index is 12.3. The molecule has 0 aliphatic carbocycles. The molecule has 20 heavy (non-hydrogen) atoms. The van der Waals surface area contributed by atoms with Crippen molar-refractivity contribution in [3.63, 3.8) is 0 Å². The molecule has 0 spiro atoms. The van der Waals surface area contributed by atoms with E-state index in [9.17, 15) is 4.79 Å². The molecule has 2 N–H and O–H groups in total. The van der Waals surface area contributed by atoms with Gasteiger partial charge in [-0.25, -0.2) is 0 Å². The third-order valence-electron chi connectivity index (χ3n) is 3.50. The summed E-state index contributed by atoms with van der Waals surface area (Å²) in [6.07, 6.45) is 0.650. The number of amides is 1. The highest BCUT2D eigenvalue weighted by molar-refractivity contribution is 5.82. The van der Waals surface area contributed by atoms with Crippen LogP contribution in [0, 0.1) is 5.41 Å². The number of methoxy groups -OCH3 is 1. The van der Waals surface area contributed by atoms with Crippen molar-refractivity contribution in [3.05, 3.63) is 29.8 Å². The first-order chi connectivity index (χ1) is 9.40. The summed E-state index contributed by atoms with van der Waals surface area (Å²) in [6, 6.07) is 8.09. The zero-order valence-electron chi connectivity index (χ0n) is 13.1. The molecule has 0 saturated carbocycles. The van der Waals surface area contributed by atoms with Gasteiger partial charge in [0.1, 0.15) is 5.75 Å². The van der Waals surface area contributed by atoms with E-state index in [-0.39, 0.29) is 11.9 Å². The maximum Gasteiger partial charge on any atom is 0.226 e. The van der Waals surface area contributed by atoms with Gasteiger partial charge in [-0.05, 0) is 32.0 Å². The second-order valence-electron chi connectivity index (χ2n) is 5.77. The van der Waals surface area contributed by atoms with Gasteiger partial charge in [0.25, 0.3) is 0 Å². The van der Waals surface area contributed by atoms with E-state index in [4.69, 9.17) is 4.74 Å². The average molecular weight is 278 g/mol. The molecule has 4 heteroatoms. The number of ether oxygens (including phenoxy) is 1. The fourth-order valence-electron chi connectivity index (χ4n) is 1.99. The first-order valence-corrected chi connectivity index (χ1v) is 6.98. The first-order valence-electron chi connectivity index (χ1n) is 6.98. The quantitative estimate of drug-likeness (QED) is 0.802. The zero-order valence-corrected chi connectivity index (χ0v) is 13.1. The summed E-state index contributed by atoms with van der Waals surface area (Å²) in [5, 5.41) is 6.09. The molecule has 0 radical (unpaired) electrons. The molecule has 0 aliphatic rings. The largest absolute Gasteiger partial charge is 0.496 e. The summed E-state index contributed by atoms with van der Waals surface area (Å²) in [6.45, 7) is 6.58. The predicted octanol–water partition coefficient (Wildman–Crippen LogP) is 1.99. The second kappa shape index (κ2) is 7.29. The van der Waals surface area contributed by atoms with Crippen molar-refractivity contribution in [1.82, 2.24) is 10.6 Å². The van der Waals surface area contributed by atoms with Crippen molar-refractivity contribution in [3.8, 4) is 5.75 Å². The van der Waals surface area contributed by atoms with Crippen molar-refractivity contribution in [2.24, 2.45) is 5.41 Å². The van der Waals surface area contributed by atoms with Gasteiger partial charge in [-0.15, -0.1) is 0 Å². The van der Waals surface area contributed by atoms with E-state index in [0.717, 1.165) is 11.3 Å². The summed E-state index contributed by atoms with van der Waals surface area (Å²) < 4.78 is 5.34. The number of carbonyl (C=O) groups excluding carboxylic acids is 1. The van der Waals surface area contributed by atoms with E-state index < -0.39 is 5.41 Å². The molecular weight excluding hydrogens is 252 g/mol. The molecule has 1 atom stereocenters. The Morgan fingerprint density at radius 2 is 2.00 bits per heavy atom. The van der Waals surface area contributed by atoms with Crippen LogP contribution in [0.2, 0.25) is 0 Å². The molecule has 4 nitrogen and oxygen atoms in total. The Balaban J connectivity index is 2.70. The van der Waals surface area contributed by atoms with Gasteiger partial charge in [-0.3, -0.25) is 4.79 Å². The molecule has 1 aromatic carbocycles. The van der Waals surface area contributed by atoms with E-state index >= 15 is 0 Å². The maximum absolute atomic E-state index is 12.3. The molecule has 0 saturated heterocycles. The van der Waals surface area contributed by atoms with Gasteiger partial charge in [0, 0.05) is 18.0 Å². The van der Waals surface area contributed by atoms with Crippen LogP contribution in [0.5, 0.6) is 5.75 Å². The summed E-state index contributed by atoms with van der Waals surface area (Å²) in [7, 11) is 3.54. The Kier molecular flexibility index (Phi) is 6.02. The highest BCUT2D eigenvalue weighted by Crippen LogP contribution is 2.27. The molecule has 0 aromatic heterocycles. The van der Waals surface area contributed by atoms with Gasteiger partial charge in [-0.2, -0.15) is 0 Å². The van der Waals surface area contributed by atoms with Crippen LogP contribution in [0.4, 0.5) is 0 Å². The highest BCUT2D eigenvalue weighted by Gasteiger charge is 2.28. The van der Waals surface area contributed by atoms with Gasteiger partial charge < -0.3 is 15.4 Å². The van der Waals surface area contributed by atoms with Crippen molar-refractivity contribution in [2.75, 3.05) is 20.7 Å². The summed E-state index contributed by atoms with van der Waals surface area (Å²) >= 11 is 0. The Bertz CT molecular complexity index is 444. The van der Waals surface area contributed by atoms with Gasteiger partial charge in [0.05, 0.1) is 7.11 Å². The van der Waals surface area contributed by atoms with Gasteiger partial charge in [0.15, 0.2) is 0 Å². The van der Waals surface area contributed by atoms with E-state index in [2.05, 4.69) is 10.6 Å². The standard InChI is InChI=1S/C16H26N2O2/c1-12(17-4)11-18-15(19)16(2,3)10-13-8-6-7-9-14(13)20-5/h6-9,12,17H,10-11H2,1-5H3,(H,18,19). The highest BCUT2D eigenvalue weighted by atomic mass is 16.5. The fourth-order valence-corrected chi connectivity index (χ4v) is 1.99. The monoisotopic (exact) mass is 278 g/mol. The number of para-hydroxylation sites is 1. The molecular formula is C16H26N2O2. The van der Waals surface area contributed by atoms with Crippen LogP contribution in [-0.2, 0) is 11.2 Å². The van der Waals surface area contributed by atoms with Crippen LogP contribution in [0.15, 0.2) is 24.3 Å². The molecule has 0 heterocycles. The SMILES string of the molecule is CNC(C)CNC(=O)C(C)(C)Cc1ccccc1OC. The number of benzene rings is 1. The Morgan fingerprint density at radius 1 is 1.35 bits per heavy atom. The van der Waals surface area contributed by atoms with Gasteiger partial charge in [0.2, 0.25) is 5.91 Å². The fraction of sp³-hybridized carbons (Fsp3) is 0.562. The van der Waals surface area contributed by atoms with Gasteiger partial charge >= 0.3 is 0 Å². The summed E-state index contributed by atoms with van der Waals surface area (Å²) in [5.41, 5.74) is 0.582. The number of hydrogen-bond acceptors (Lipinski definition) is 3. The normalized spacial score (nSPS) is 12.8. The lowest BCUT2D eigenvalue weighted by atomic mass is 9.84. The van der Waals surface area contributed by atoms with E-state index in [1.807, 2.05) is 52.1 Å². The average Bonchev–Trinajstić information content (AvgIpc) is 2.44. The number of likely N-dealkylation sites (N-methyl/N-ethyl adjacent to an activating group) is 1. The Morgan fingerprint density at radius 3 is 2.60 bits per heavy atom. The first kappa shape index (κ1) is 16.5. The molecule has 112 valence electrons. The third kappa shape index (κ3) is 4.53. The van der Waals surface area contributed by atoms with Crippen LogP contribution in [0.1, 0.15) is 26.3 Å². The van der Waals surface area contributed by atoms with Crippen LogP contribution < -0.4 is 15.4 Å². The van der Waals surface area contributed by atoms with E-state index in [0.29, 0.717) is 13.0 Å². The topological polar surface area (TPSA) is 50.4 Å². The smallest absolute Gasteiger partial charge is 0.226 e. The van der Waals surface area contributed by atoms with Crippen molar-refractivity contribution >= 4 is 5.91 Å². The lowest BCUT2D eigenvalue weighted by Crippen LogP contribution is -2.43. The molecule has 0 fully saturated rings. The third-order valence-corrected chi connectivity index (χ3v) is 3.50. The molecule has 1 aromatic rings. The van der Waals surface area contributed by atoms with E-state index in [1.165, 1.54) is 0 Å². The zero-order chi connectivity index (χ0) is 15.2. The summed E-state index contributed by atoms with van der Waals surface area (Å²) in [4.78, 5) is 12.3. The van der Waals surface area contributed by atoms with Gasteiger partial charge in [-0.1, -0.05) is 32.0 Å². The molecule has 0 aliphatic heterocycles. The second-order valence-corrected chi connectivity index (χ2v) is 5.77. The Labute approximate surface area is 121 Å². The number of carbonyl (C=O) groups is 1. The number of rotatable bonds is 7. The minimum absolute atomic E-state index is 0.0607. The number of nitrogens with one attached hydrogen (secondary N) is 2. The minimum atomic E-state index is -0.470. The van der Waals surface area contributed by atoms with Crippen molar-refractivity contribution in [2.45, 2.75) is 33.2 Å². The lowest BCUT2D eigenvalue weighted by molar-refractivity contribution is -0.129.